The van der Waals surface area contributed by atoms with Gasteiger partial charge in [0.2, 0.25) is 0 Å². The monoisotopic (exact) mass is 402 g/mol. The van der Waals surface area contributed by atoms with Crippen LogP contribution in [-0.2, 0) is 11.2 Å². The van der Waals surface area contributed by atoms with Gasteiger partial charge in [0, 0.05) is 17.9 Å². The number of Topliss-reactive ketones (excluding diaryl/α,β-unsaturated/α-hetero) is 1. The van der Waals surface area contributed by atoms with Crippen LogP contribution in [0.3, 0.4) is 0 Å². The Balaban J connectivity index is 2.27. The summed E-state index contributed by atoms with van der Waals surface area (Å²) in [5.74, 6) is 1.85. The molecule has 154 valence electrons. The van der Waals surface area contributed by atoms with Gasteiger partial charge in [-0.3, -0.25) is 4.79 Å². The lowest BCUT2D eigenvalue weighted by Gasteiger charge is -2.42. The number of carbonyl (C=O) groups is 1. The molecule has 0 radical (unpaired) electrons. The molecule has 3 heteroatoms. The van der Waals surface area contributed by atoms with E-state index >= 15 is 0 Å². The highest BCUT2D eigenvalue weighted by molar-refractivity contribution is 6.32. The van der Waals surface area contributed by atoms with Crippen molar-refractivity contribution >= 4 is 17.4 Å². The first-order valence-electron chi connectivity index (χ1n) is 10.2. The zero-order valence-electron chi connectivity index (χ0n) is 18.7. The van der Waals surface area contributed by atoms with Gasteiger partial charge in [-0.2, -0.15) is 0 Å². The second kappa shape index (κ2) is 8.86. The molecule has 3 atom stereocenters. The molecule has 0 spiro atoms. The van der Waals surface area contributed by atoms with Crippen molar-refractivity contribution < 1.29 is 9.53 Å². The van der Waals surface area contributed by atoms with Crippen molar-refractivity contribution in [1.82, 2.24) is 0 Å². The van der Waals surface area contributed by atoms with Crippen molar-refractivity contribution in [3.63, 3.8) is 0 Å². The van der Waals surface area contributed by atoms with Gasteiger partial charge in [-0.25, -0.2) is 0 Å². The molecule has 3 unspecified atom stereocenters. The zero-order chi connectivity index (χ0) is 21.2. The van der Waals surface area contributed by atoms with Gasteiger partial charge in [-0.05, 0) is 68.6 Å². The number of rotatable bonds is 5. The van der Waals surface area contributed by atoms with Crippen molar-refractivity contribution in [2.24, 2.45) is 17.3 Å². The van der Waals surface area contributed by atoms with Gasteiger partial charge in [0.25, 0.3) is 0 Å². The average Bonchev–Trinajstić information content (AvgIpc) is 2.66. The van der Waals surface area contributed by atoms with Crippen molar-refractivity contribution in [1.29, 1.82) is 0 Å². The lowest BCUT2D eigenvalue weighted by atomic mass is 9.61. The van der Waals surface area contributed by atoms with Crippen LogP contribution < -0.4 is 4.74 Å². The number of carbonyl (C=O) groups excluding carboxylic acids is 1. The Labute approximate surface area is 176 Å². The molecule has 0 saturated heterocycles. The Morgan fingerprint density at radius 3 is 2.46 bits per heavy atom. The number of hydrogen-bond acceptors (Lipinski definition) is 2. The fraction of sp³-hybridized carbons (Fsp3) is 0.560. The molecule has 1 aromatic carbocycles. The van der Waals surface area contributed by atoms with E-state index in [1.54, 1.807) is 7.11 Å². The Hall–Kier alpha value is -1.54. The van der Waals surface area contributed by atoms with Crippen LogP contribution in [-0.4, -0.2) is 12.9 Å². The average molecular weight is 403 g/mol. The van der Waals surface area contributed by atoms with Gasteiger partial charge in [0.15, 0.2) is 0 Å². The summed E-state index contributed by atoms with van der Waals surface area (Å²) in [6.45, 7) is 14.9. The molecule has 0 heterocycles. The van der Waals surface area contributed by atoms with E-state index in [-0.39, 0.29) is 11.3 Å². The first-order chi connectivity index (χ1) is 13.0. The third kappa shape index (κ3) is 4.22. The number of ether oxygens (including phenoxy) is 1. The summed E-state index contributed by atoms with van der Waals surface area (Å²) in [5.41, 5.74) is 5.63. The van der Waals surface area contributed by atoms with Crippen molar-refractivity contribution in [2.75, 3.05) is 7.11 Å². The van der Waals surface area contributed by atoms with Crippen molar-refractivity contribution in [2.45, 2.75) is 67.7 Å². The summed E-state index contributed by atoms with van der Waals surface area (Å²) in [4.78, 5) is 12.2. The standard InChI is InChI=1S/C25H35ClO2/c1-15(13-14-25(7)16(2)10-12-22(27)20(25)6)9-11-21-17(3)23(26)19(5)24(28-8)18(21)4/h9,13-14,16,20H,10-12H2,1-8H3/b14-13+,15-9+. The lowest BCUT2D eigenvalue weighted by Crippen LogP contribution is -2.40. The van der Waals surface area contributed by atoms with Gasteiger partial charge in [-0.15, -0.1) is 0 Å². The minimum atomic E-state index is -0.0767. The van der Waals surface area contributed by atoms with Crippen LogP contribution in [0.5, 0.6) is 5.75 Å². The molecular weight excluding hydrogens is 368 g/mol. The van der Waals surface area contributed by atoms with E-state index in [1.165, 1.54) is 11.1 Å². The molecular formula is C25H35ClO2. The molecule has 0 aromatic heterocycles. The molecule has 1 saturated carbocycles. The number of halogens is 1. The van der Waals surface area contributed by atoms with Crippen molar-refractivity contribution in [3.05, 3.63) is 51.1 Å². The fourth-order valence-electron chi connectivity index (χ4n) is 4.44. The summed E-state index contributed by atoms with van der Waals surface area (Å²) in [6.07, 6.45) is 9.18. The number of allylic oxidation sites excluding steroid dienone is 4. The van der Waals surface area contributed by atoms with Crippen LogP contribution in [0.4, 0.5) is 0 Å². The molecule has 1 aliphatic rings. The van der Waals surface area contributed by atoms with Crippen LogP contribution in [0.1, 0.15) is 62.8 Å². The normalized spacial score (nSPS) is 26.2. The molecule has 0 aliphatic heterocycles. The van der Waals surface area contributed by atoms with Crippen LogP contribution >= 0.6 is 11.6 Å². The van der Waals surface area contributed by atoms with Gasteiger partial charge in [0.05, 0.1) is 12.1 Å². The Kier molecular flexibility index (Phi) is 7.20. The summed E-state index contributed by atoms with van der Waals surface area (Å²) < 4.78 is 5.58. The van der Waals surface area contributed by atoms with Crippen molar-refractivity contribution in [3.8, 4) is 5.75 Å². The van der Waals surface area contributed by atoms with Crippen LogP contribution in [0.2, 0.25) is 5.02 Å². The third-order valence-corrected chi connectivity index (χ3v) is 7.65. The maximum absolute atomic E-state index is 12.2. The van der Waals surface area contributed by atoms with E-state index in [4.69, 9.17) is 16.3 Å². The highest BCUT2D eigenvalue weighted by Crippen LogP contribution is 2.44. The Morgan fingerprint density at radius 1 is 1.21 bits per heavy atom. The molecule has 0 N–H and O–H groups in total. The summed E-state index contributed by atoms with van der Waals surface area (Å²) >= 11 is 6.53. The summed E-state index contributed by atoms with van der Waals surface area (Å²) in [5, 5.41) is 0.787. The number of hydrogen-bond donors (Lipinski definition) is 0. The molecule has 1 fully saturated rings. The number of benzene rings is 1. The number of methoxy groups -OCH3 is 1. The minimum absolute atomic E-state index is 0.0740. The first-order valence-corrected chi connectivity index (χ1v) is 10.6. The highest BCUT2D eigenvalue weighted by Gasteiger charge is 2.41. The van der Waals surface area contributed by atoms with E-state index in [1.807, 2.05) is 6.92 Å². The minimum Gasteiger partial charge on any atom is -0.496 e. The fourth-order valence-corrected chi connectivity index (χ4v) is 4.64. The smallest absolute Gasteiger partial charge is 0.136 e. The molecule has 1 aliphatic carbocycles. The second-order valence-electron chi connectivity index (χ2n) is 8.68. The van der Waals surface area contributed by atoms with E-state index in [2.05, 4.69) is 59.8 Å². The first kappa shape index (κ1) is 22.7. The Morgan fingerprint density at radius 2 is 1.86 bits per heavy atom. The second-order valence-corrected chi connectivity index (χ2v) is 9.06. The summed E-state index contributed by atoms with van der Waals surface area (Å²) in [6, 6.07) is 0. The SMILES string of the molecule is COc1c(C)c(Cl)c(C)c(C/C=C(C)/C=C/C2(C)C(C)CCC(=O)C2C)c1C. The number of ketones is 1. The zero-order valence-corrected chi connectivity index (χ0v) is 19.5. The topological polar surface area (TPSA) is 26.3 Å². The van der Waals surface area contributed by atoms with E-state index in [0.717, 1.165) is 46.7 Å². The predicted molar refractivity (Wildman–Crippen MR) is 119 cm³/mol. The summed E-state index contributed by atoms with van der Waals surface area (Å²) in [7, 11) is 1.70. The molecule has 2 rings (SSSR count). The molecule has 28 heavy (non-hydrogen) atoms. The van der Waals surface area contributed by atoms with Gasteiger partial charge in [-0.1, -0.05) is 56.2 Å². The van der Waals surface area contributed by atoms with Gasteiger partial charge >= 0.3 is 0 Å². The van der Waals surface area contributed by atoms with E-state index in [0.29, 0.717) is 11.7 Å². The molecule has 2 nitrogen and oxygen atoms in total. The molecule has 0 amide bonds. The quantitative estimate of drug-likeness (QED) is 0.497. The van der Waals surface area contributed by atoms with Crippen LogP contribution in [0, 0.1) is 38.0 Å². The molecule has 0 bridgehead atoms. The van der Waals surface area contributed by atoms with Crippen LogP contribution in [0.15, 0.2) is 23.8 Å². The van der Waals surface area contributed by atoms with Gasteiger partial charge < -0.3 is 4.74 Å². The highest BCUT2D eigenvalue weighted by atomic mass is 35.5. The third-order valence-electron chi connectivity index (χ3n) is 7.08. The van der Waals surface area contributed by atoms with E-state index in [9.17, 15) is 4.79 Å². The van der Waals surface area contributed by atoms with Gasteiger partial charge in [0.1, 0.15) is 11.5 Å². The lowest BCUT2D eigenvalue weighted by molar-refractivity contribution is -0.129. The van der Waals surface area contributed by atoms with E-state index < -0.39 is 0 Å². The predicted octanol–water partition coefficient (Wildman–Crippen LogP) is 6.96. The Bertz CT molecular complexity index is 819. The maximum atomic E-state index is 12.2. The molecule has 1 aromatic rings. The maximum Gasteiger partial charge on any atom is 0.136 e. The van der Waals surface area contributed by atoms with Crippen LogP contribution in [0.25, 0.3) is 0 Å². The largest absolute Gasteiger partial charge is 0.496 e.